The Kier molecular flexibility index (Phi) is 3.61. The molecule has 0 heterocycles. The van der Waals surface area contributed by atoms with Crippen LogP contribution in [0.25, 0.3) is 0 Å². The van der Waals surface area contributed by atoms with Crippen molar-refractivity contribution in [1.82, 2.24) is 0 Å². The summed E-state index contributed by atoms with van der Waals surface area (Å²) in [4.78, 5) is 20.1. The van der Waals surface area contributed by atoms with Gasteiger partial charge in [-0.25, -0.2) is 4.79 Å². The first kappa shape index (κ1) is 10.8. The highest BCUT2D eigenvalue weighted by molar-refractivity contribution is 5.78. The zero-order valence-electron chi connectivity index (χ0n) is 5.91. The van der Waals surface area contributed by atoms with Gasteiger partial charge < -0.3 is 26.2 Å². The third kappa shape index (κ3) is 2.46. The normalized spacial score (nSPS) is 17.9. The fraction of sp³-hybridized carbons (Fsp3) is 0.600. The molecule has 0 aliphatic heterocycles. The highest BCUT2D eigenvalue weighted by Gasteiger charge is 2.32. The summed E-state index contributed by atoms with van der Waals surface area (Å²) in [6, 6.07) is -1.81. The third-order valence-electron chi connectivity index (χ3n) is 1.23. The molecular formula is C5H9NO6. The van der Waals surface area contributed by atoms with E-state index in [-0.39, 0.29) is 0 Å². The number of carboxylic acid groups (broad SMARTS) is 2. The van der Waals surface area contributed by atoms with Crippen LogP contribution >= 0.6 is 0 Å². The van der Waals surface area contributed by atoms with Crippen LogP contribution in [0, 0.1) is 0 Å². The van der Waals surface area contributed by atoms with Crippen molar-refractivity contribution in [2.75, 3.05) is 0 Å². The average molecular weight is 179 g/mol. The molecule has 0 aliphatic rings. The number of hydrogen-bond donors (Lipinski definition) is 5. The van der Waals surface area contributed by atoms with E-state index in [0.717, 1.165) is 0 Å². The molecule has 0 radical (unpaired) electrons. The van der Waals surface area contributed by atoms with Crippen LogP contribution in [0.5, 0.6) is 0 Å². The standard InChI is InChI=1S/C5H9NO6/c6-1(4(9)10)2(7)3(8)5(11)12/h1-3,7-8H,6H2,(H,9,10)(H,11,12)/t1-,2-,3-/m1/s1. The zero-order chi connectivity index (χ0) is 9.89. The highest BCUT2D eigenvalue weighted by Crippen LogP contribution is 1.98. The fourth-order valence-electron chi connectivity index (χ4n) is 0.489. The molecule has 3 atom stereocenters. The minimum absolute atomic E-state index is 1.58. The molecule has 0 saturated heterocycles. The summed E-state index contributed by atoms with van der Waals surface area (Å²) in [5.41, 5.74) is 4.83. The maximum absolute atomic E-state index is 10.1. The highest BCUT2D eigenvalue weighted by atomic mass is 16.4. The van der Waals surface area contributed by atoms with Crippen LogP contribution in [0.1, 0.15) is 0 Å². The largest absolute Gasteiger partial charge is 0.480 e. The van der Waals surface area contributed by atoms with Crippen LogP contribution < -0.4 is 5.73 Å². The van der Waals surface area contributed by atoms with Gasteiger partial charge in [-0.05, 0) is 0 Å². The summed E-state index contributed by atoms with van der Waals surface area (Å²) in [6.45, 7) is 0. The van der Waals surface area contributed by atoms with Crippen molar-refractivity contribution in [3.05, 3.63) is 0 Å². The van der Waals surface area contributed by atoms with E-state index >= 15 is 0 Å². The van der Waals surface area contributed by atoms with E-state index in [2.05, 4.69) is 0 Å². The van der Waals surface area contributed by atoms with Crippen LogP contribution in [-0.2, 0) is 9.59 Å². The molecule has 12 heavy (non-hydrogen) atoms. The summed E-state index contributed by atoms with van der Waals surface area (Å²) in [5.74, 6) is -3.30. The predicted octanol–water partition coefficient (Wildman–Crippen LogP) is -2.80. The number of aliphatic carboxylic acids is 2. The Morgan fingerprint density at radius 1 is 1.08 bits per heavy atom. The number of hydrogen-bond acceptors (Lipinski definition) is 5. The van der Waals surface area contributed by atoms with E-state index in [1.165, 1.54) is 0 Å². The average Bonchev–Trinajstić information content (AvgIpc) is 2.00. The molecule has 0 aromatic carbocycles. The van der Waals surface area contributed by atoms with Gasteiger partial charge in [-0.2, -0.15) is 0 Å². The molecule has 70 valence electrons. The molecule has 0 unspecified atom stereocenters. The maximum Gasteiger partial charge on any atom is 0.335 e. The van der Waals surface area contributed by atoms with E-state index in [0.29, 0.717) is 0 Å². The Hall–Kier alpha value is -1.18. The van der Waals surface area contributed by atoms with Crippen molar-refractivity contribution in [3.8, 4) is 0 Å². The summed E-state index contributed by atoms with van der Waals surface area (Å²) in [5, 5.41) is 33.7. The van der Waals surface area contributed by atoms with Gasteiger partial charge in [0.15, 0.2) is 6.10 Å². The Morgan fingerprint density at radius 2 is 1.50 bits per heavy atom. The Labute approximate surface area is 67.0 Å². The first-order valence-electron chi connectivity index (χ1n) is 2.95. The minimum Gasteiger partial charge on any atom is -0.480 e. The van der Waals surface area contributed by atoms with E-state index in [4.69, 9.17) is 26.2 Å². The van der Waals surface area contributed by atoms with Gasteiger partial charge in [0, 0.05) is 0 Å². The van der Waals surface area contributed by atoms with Gasteiger partial charge in [-0.3, -0.25) is 4.79 Å². The lowest BCUT2D eigenvalue weighted by Crippen LogP contribution is -2.50. The Balaban J connectivity index is 4.28. The predicted molar refractivity (Wildman–Crippen MR) is 35.3 cm³/mol. The molecule has 0 fully saturated rings. The third-order valence-corrected chi connectivity index (χ3v) is 1.23. The van der Waals surface area contributed by atoms with Crippen molar-refractivity contribution in [2.24, 2.45) is 5.73 Å². The van der Waals surface area contributed by atoms with Gasteiger partial charge >= 0.3 is 11.9 Å². The second-order valence-corrected chi connectivity index (χ2v) is 2.14. The first-order chi connectivity index (χ1) is 5.37. The Bertz CT molecular complexity index is 172. The molecule has 0 aliphatic carbocycles. The van der Waals surface area contributed by atoms with Crippen molar-refractivity contribution in [1.29, 1.82) is 0 Å². The lowest BCUT2D eigenvalue weighted by molar-refractivity contribution is -0.156. The van der Waals surface area contributed by atoms with Crippen molar-refractivity contribution in [2.45, 2.75) is 18.2 Å². The second-order valence-electron chi connectivity index (χ2n) is 2.14. The van der Waals surface area contributed by atoms with Crippen LogP contribution in [0.4, 0.5) is 0 Å². The first-order valence-corrected chi connectivity index (χ1v) is 2.95. The molecule has 0 aromatic heterocycles. The summed E-state index contributed by atoms with van der Waals surface area (Å²) in [6.07, 6.45) is -4.20. The van der Waals surface area contributed by atoms with Crippen LogP contribution in [0.3, 0.4) is 0 Å². The van der Waals surface area contributed by atoms with Gasteiger partial charge in [0.1, 0.15) is 12.1 Å². The van der Waals surface area contributed by atoms with Crippen LogP contribution in [0.2, 0.25) is 0 Å². The van der Waals surface area contributed by atoms with Crippen LogP contribution in [-0.4, -0.2) is 50.6 Å². The van der Waals surface area contributed by atoms with Gasteiger partial charge in [0.05, 0.1) is 0 Å². The Morgan fingerprint density at radius 3 is 1.75 bits per heavy atom. The molecule has 0 amide bonds. The molecule has 7 nitrogen and oxygen atoms in total. The van der Waals surface area contributed by atoms with Gasteiger partial charge in [0.2, 0.25) is 0 Å². The molecule has 0 rings (SSSR count). The molecule has 0 saturated carbocycles. The molecular weight excluding hydrogens is 170 g/mol. The molecule has 7 heteroatoms. The quantitative estimate of drug-likeness (QED) is 0.314. The molecule has 0 spiro atoms. The maximum atomic E-state index is 10.1. The monoisotopic (exact) mass is 179 g/mol. The number of aliphatic hydroxyl groups excluding tert-OH is 2. The number of rotatable bonds is 4. The van der Waals surface area contributed by atoms with E-state index < -0.39 is 30.2 Å². The number of nitrogens with two attached hydrogens (primary N) is 1. The number of carbonyl (C=O) groups is 2. The van der Waals surface area contributed by atoms with Crippen LogP contribution in [0.15, 0.2) is 0 Å². The SMILES string of the molecule is N[C@@H](C(=O)O)[C@@H](O)[C@@H](O)C(=O)O. The molecule has 0 aromatic rings. The lowest BCUT2D eigenvalue weighted by atomic mass is 10.1. The van der Waals surface area contributed by atoms with E-state index in [1.807, 2.05) is 0 Å². The second kappa shape index (κ2) is 4.00. The fourth-order valence-corrected chi connectivity index (χ4v) is 0.489. The van der Waals surface area contributed by atoms with Crippen molar-refractivity contribution in [3.63, 3.8) is 0 Å². The van der Waals surface area contributed by atoms with Gasteiger partial charge in [0.25, 0.3) is 0 Å². The van der Waals surface area contributed by atoms with Gasteiger partial charge in [-0.15, -0.1) is 0 Å². The minimum atomic E-state index is -2.18. The zero-order valence-corrected chi connectivity index (χ0v) is 5.91. The van der Waals surface area contributed by atoms with E-state index in [1.54, 1.807) is 0 Å². The smallest absolute Gasteiger partial charge is 0.335 e. The molecule has 0 bridgehead atoms. The summed E-state index contributed by atoms with van der Waals surface area (Å²) in [7, 11) is 0. The van der Waals surface area contributed by atoms with E-state index in [9.17, 15) is 9.59 Å². The topological polar surface area (TPSA) is 141 Å². The lowest BCUT2D eigenvalue weighted by Gasteiger charge is -2.16. The number of aliphatic hydroxyl groups is 2. The summed E-state index contributed by atoms with van der Waals surface area (Å²) >= 11 is 0. The van der Waals surface area contributed by atoms with Crippen molar-refractivity contribution >= 4 is 11.9 Å². The van der Waals surface area contributed by atoms with Crippen molar-refractivity contribution < 1.29 is 30.0 Å². The number of carboxylic acids is 2. The molecule has 6 N–H and O–H groups in total. The summed E-state index contributed by atoms with van der Waals surface area (Å²) < 4.78 is 0. The van der Waals surface area contributed by atoms with Gasteiger partial charge in [-0.1, -0.05) is 0 Å².